The predicted molar refractivity (Wildman–Crippen MR) is 80.7 cm³/mol. The molecule has 1 aromatic heterocycles. The van der Waals surface area contributed by atoms with Crippen LogP contribution in [0.4, 0.5) is 0 Å². The largest absolute Gasteiger partial charge is 0.369 e. The monoisotopic (exact) mass is 296 g/mol. The fourth-order valence-electron chi connectivity index (χ4n) is 2.54. The summed E-state index contributed by atoms with van der Waals surface area (Å²) in [5.41, 5.74) is 6.48. The van der Waals surface area contributed by atoms with Gasteiger partial charge in [-0.1, -0.05) is 30.3 Å². The molecule has 6 nitrogen and oxygen atoms in total. The smallest absolute Gasteiger partial charge is 0.272 e. The number of nitrogens with zero attached hydrogens (tertiary/aromatic N) is 3. The molecule has 1 aromatic carbocycles. The van der Waals surface area contributed by atoms with E-state index in [0.29, 0.717) is 31.0 Å². The molecule has 1 saturated heterocycles. The first-order valence-electron chi connectivity index (χ1n) is 7.12. The van der Waals surface area contributed by atoms with Gasteiger partial charge in [0.1, 0.15) is 5.69 Å². The van der Waals surface area contributed by atoms with Gasteiger partial charge in [0.25, 0.3) is 5.91 Å². The number of aromatic nitrogens is 2. The molecule has 112 valence electrons. The summed E-state index contributed by atoms with van der Waals surface area (Å²) in [6.07, 6.45) is 2.18. The van der Waals surface area contributed by atoms with Crippen LogP contribution in [0.5, 0.6) is 0 Å². The van der Waals surface area contributed by atoms with Crippen molar-refractivity contribution in [1.82, 2.24) is 14.9 Å². The highest BCUT2D eigenvalue weighted by atomic mass is 16.2. The Labute approximate surface area is 128 Å². The Morgan fingerprint density at radius 1 is 1.18 bits per heavy atom. The lowest BCUT2D eigenvalue weighted by Crippen LogP contribution is -2.32. The van der Waals surface area contributed by atoms with Crippen molar-refractivity contribution >= 4 is 11.8 Å². The molecule has 2 aromatic rings. The molecule has 2 amide bonds. The van der Waals surface area contributed by atoms with Gasteiger partial charge in [-0.2, -0.15) is 0 Å². The first kappa shape index (κ1) is 14.2. The number of carbonyl (C=O) groups is 2. The van der Waals surface area contributed by atoms with E-state index in [1.54, 1.807) is 17.2 Å². The third-order valence-electron chi connectivity index (χ3n) is 3.78. The summed E-state index contributed by atoms with van der Waals surface area (Å²) in [6, 6.07) is 11.1. The van der Waals surface area contributed by atoms with Crippen molar-refractivity contribution in [3.05, 3.63) is 48.3 Å². The maximum absolute atomic E-state index is 12.5. The van der Waals surface area contributed by atoms with E-state index in [-0.39, 0.29) is 17.7 Å². The second kappa shape index (κ2) is 5.93. The van der Waals surface area contributed by atoms with E-state index in [9.17, 15) is 9.59 Å². The molecule has 0 radical (unpaired) electrons. The molecule has 22 heavy (non-hydrogen) atoms. The lowest BCUT2D eigenvalue weighted by molar-refractivity contribution is -0.121. The van der Waals surface area contributed by atoms with Crippen LogP contribution in [0.1, 0.15) is 16.9 Å². The van der Waals surface area contributed by atoms with Crippen LogP contribution in [0.15, 0.2) is 42.6 Å². The zero-order valence-electron chi connectivity index (χ0n) is 12.0. The van der Waals surface area contributed by atoms with Crippen molar-refractivity contribution in [1.29, 1.82) is 0 Å². The fourth-order valence-corrected chi connectivity index (χ4v) is 2.54. The molecule has 1 aliphatic heterocycles. The Bertz CT molecular complexity index is 702. The van der Waals surface area contributed by atoms with Crippen LogP contribution in [-0.4, -0.2) is 39.8 Å². The molecule has 1 aliphatic rings. The summed E-state index contributed by atoms with van der Waals surface area (Å²) < 4.78 is 0. The first-order valence-corrected chi connectivity index (χ1v) is 7.12. The lowest BCUT2D eigenvalue weighted by Gasteiger charge is -2.15. The van der Waals surface area contributed by atoms with Gasteiger partial charge in [-0.05, 0) is 12.5 Å². The Hall–Kier alpha value is -2.76. The van der Waals surface area contributed by atoms with Crippen molar-refractivity contribution in [3.63, 3.8) is 0 Å². The van der Waals surface area contributed by atoms with Crippen LogP contribution in [0.3, 0.4) is 0 Å². The van der Waals surface area contributed by atoms with Gasteiger partial charge in [-0.3, -0.25) is 9.59 Å². The van der Waals surface area contributed by atoms with Gasteiger partial charge < -0.3 is 10.6 Å². The van der Waals surface area contributed by atoms with E-state index in [1.165, 1.54) is 0 Å². The predicted octanol–water partition coefficient (Wildman–Crippen LogP) is 1.09. The number of nitrogens with two attached hydrogens (primary N) is 1. The van der Waals surface area contributed by atoms with Crippen molar-refractivity contribution in [2.45, 2.75) is 6.42 Å². The summed E-state index contributed by atoms with van der Waals surface area (Å²) in [4.78, 5) is 33.8. The van der Waals surface area contributed by atoms with Gasteiger partial charge in [0.15, 0.2) is 5.82 Å². The van der Waals surface area contributed by atoms with Crippen molar-refractivity contribution < 1.29 is 9.59 Å². The molecule has 1 unspecified atom stereocenters. The Morgan fingerprint density at radius 2 is 1.95 bits per heavy atom. The van der Waals surface area contributed by atoms with Crippen LogP contribution in [0.25, 0.3) is 11.4 Å². The zero-order valence-corrected chi connectivity index (χ0v) is 12.0. The highest BCUT2D eigenvalue weighted by Crippen LogP contribution is 2.19. The Morgan fingerprint density at radius 3 is 2.64 bits per heavy atom. The Kier molecular flexibility index (Phi) is 3.82. The lowest BCUT2D eigenvalue weighted by atomic mass is 10.1. The van der Waals surface area contributed by atoms with Gasteiger partial charge in [-0.15, -0.1) is 0 Å². The molecular weight excluding hydrogens is 280 g/mol. The molecule has 1 fully saturated rings. The number of rotatable bonds is 3. The Balaban J connectivity index is 1.81. The zero-order chi connectivity index (χ0) is 15.5. The molecule has 1 atom stereocenters. The van der Waals surface area contributed by atoms with Crippen LogP contribution in [-0.2, 0) is 4.79 Å². The molecular formula is C16H16N4O2. The minimum Gasteiger partial charge on any atom is -0.369 e. The second-order valence-electron chi connectivity index (χ2n) is 5.27. The van der Waals surface area contributed by atoms with Crippen LogP contribution < -0.4 is 5.73 Å². The second-order valence-corrected chi connectivity index (χ2v) is 5.27. The third-order valence-corrected chi connectivity index (χ3v) is 3.78. The third kappa shape index (κ3) is 2.81. The van der Waals surface area contributed by atoms with E-state index in [1.807, 2.05) is 30.3 Å². The van der Waals surface area contributed by atoms with Crippen molar-refractivity contribution in [3.8, 4) is 11.4 Å². The average Bonchev–Trinajstić information content (AvgIpc) is 3.05. The molecule has 0 saturated carbocycles. The molecule has 0 spiro atoms. The van der Waals surface area contributed by atoms with E-state index in [4.69, 9.17) is 5.73 Å². The van der Waals surface area contributed by atoms with E-state index in [0.717, 1.165) is 5.56 Å². The molecule has 0 aliphatic carbocycles. The van der Waals surface area contributed by atoms with Crippen LogP contribution >= 0.6 is 0 Å². The van der Waals surface area contributed by atoms with E-state index >= 15 is 0 Å². The topological polar surface area (TPSA) is 89.2 Å². The molecule has 2 heterocycles. The SMILES string of the molecule is NC(=O)C1CCN(C(=O)c2ccnc(-c3ccccc3)n2)C1. The average molecular weight is 296 g/mol. The van der Waals surface area contributed by atoms with Gasteiger partial charge in [0.2, 0.25) is 5.91 Å². The van der Waals surface area contributed by atoms with Gasteiger partial charge in [0, 0.05) is 24.8 Å². The summed E-state index contributed by atoms with van der Waals surface area (Å²) >= 11 is 0. The highest BCUT2D eigenvalue weighted by Gasteiger charge is 2.30. The fraction of sp³-hybridized carbons (Fsp3) is 0.250. The van der Waals surface area contributed by atoms with Gasteiger partial charge >= 0.3 is 0 Å². The molecule has 3 rings (SSSR count). The minimum absolute atomic E-state index is 0.191. The summed E-state index contributed by atoms with van der Waals surface area (Å²) in [5, 5.41) is 0. The number of hydrogen-bond acceptors (Lipinski definition) is 4. The quantitative estimate of drug-likeness (QED) is 0.918. The number of likely N-dealkylation sites (tertiary alicyclic amines) is 1. The van der Waals surface area contributed by atoms with Crippen LogP contribution in [0, 0.1) is 5.92 Å². The molecule has 0 bridgehead atoms. The number of amides is 2. The van der Waals surface area contributed by atoms with E-state index in [2.05, 4.69) is 9.97 Å². The minimum atomic E-state index is -0.358. The number of primary amides is 1. The maximum Gasteiger partial charge on any atom is 0.272 e. The van der Waals surface area contributed by atoms with E-state index < -0.39 is 0 Å². The number of carbonyl (C=O) groups excluding carboxylic acids is 2. The van der Waals surface area contributed by atoms with Crippen molar-refractivity contribution in [2.24, 2.45) is 11.7 Å². The van der Waals surface area contributed by atoms with Crippen molar-refractivity contribution in [2.75, 3.05) is 13.1 Å². The summed E-state index contributed by atoms with van der Waals surface area (Å²) in [7, 11) is 0. The summed E-state index contributed by atoms with van der Waals surface area (Å²) in [5.74, 6) is -0.303. The number of hydrogen-bond donors (Lipinski definition) is 1. The van der Waals surface area contributed by atoms with Crippen LogP contribution in [0.2, 0.25) is 0 Å². The highest BCUT2D eigenvalue weighted by molar-refractivity contribution is 5.93. The standard InChI is InChI=1S/C16H16N4O2/c17-14(21)12-7-9-20(10-12)16(22)13-6-8-18-15(19-13)11-4-2-1-3-5-11/h1-6,8,12H,7,9-10H2,(H2,17,21). The maximum atomic E-state index is 12.5. The first-order chi connectivity index (χ1) is 10.6. The molecule has 2 N–H and O–H groups in total. The number of benzene rings is 1. The summed E-state index contributed by atoms with van der Waals surface area (Å²) in [6.45, 7) is 0.885. The van der Waals surface area contributed by atoms with Gasteiger partial charge in [-0.25, -0.2) is 9.97 Å². The molecule has 6 heteroatoms. The normalized spacial score (nSPS) is 17.5. The van der Waals surface area contributed by atoms with Gasteiger partial charge in [0.05, 0.1) is 5.92 Å².